The van der Waals surface area contributed by atoms with E-state index >= 15 is 0 Å². The maximum atomic E-state index is 5.65. The fourth-order valence-corrected chi connectivity index (χ4v) is 2.25. The molecule has 0 saturated carbocycles. The highest BCUT2D eigenvalue weighted by Gasteiger charge is 2.26. The van der Waals surface area contributed by atoms with Gasteiger partial charge in [-0.3, -0.25) is 0 Å². The largest absolute Gasteiger partial charge is 0.494 e. The van der Waals surface area contributed by atoms with Gasteiger partial charge in [0.1, 0.15) is 5.75 Å². The number of benzene rings is 1. The van der Waals surface area contributed by atoms with Gasteiger partial charge in [0.05, 0.1) is 6.61 Å². The van der Waals surface area contributed by atoms with E-state index in [1.54, 1.807) is 0 Å². The summed E-state index contributed by atoms with van der Waals surface area (Å²) >= 11 is 0. The average molecular weight is 249 g/mol. The molecule has 1 N–H and O–H groups in total. The minimum atomic E-state index is 0.192. The number of hydrogen-bond donors (Lipinski definition) is 1. The average Bonchev–Trinajstić information content (AvgIpc) is 2.39. The van der Waals surface area contributed by atoms with Crippen molar-refractivity contribution in [2.24, 2.45) is 0 Å². The van der Waals surface area contributed by atoms with Gasteiger partial charge >= 0.3 is 0 Å². The van der Waals surface area contributed by atoms with E-state index in [1.807, 2.05) is 19.1 Å². The zero-order valence-corrected chi connectivity index (χ0v) is 11.4. The van der Waals surface area contributed by atoms with Crippen molar-refractivity contribution in [3.05, 3.63) is 29.8 Å². The van der Waals surface area contributed by atoms with Crippen LogP contribution in [0.2, 0.25) is 0 Å². The first-order valence-electron chi connectivity index (χ1n) is 6.77. The molecule has 3 nitrogen and oxygen atoms in total. The fraction of sp³-hybridized carbons (Fsp3) is 0.600. The monoisotopic (exact) mass is 249 g/mol. The molecule has 0 aliphatic carbocycles. The molecule has 0 unspecified atom stereocenters. The second kappa shape index (κ2) is 6.21. The first kappa shape index (κ1) is 13.4. The Balaban J connectivity index is 1.96. The summed E-state index contributed by atoms with van der Waals surface area (Å²) in [5, 5.41) is 3.65. The first-order valence-corrected chi connectivity index (χ1v) is 6.77. The van der Waals surface area contributed by atoms with Crippen LogP contribution in [0, 0.1) is 0 Å². The number of hydrogen-bond acceptors (Lipinski definition) is 3. The molecule has 1 aliphatic rings. The van der Waals surface area contributed by atoms with Crippen LogP contribution in [-0.4, -0.2) is 25.4 Å². The van der Waals surface area contributed by atoms with Crippen LogP contribution in [0.4, 0.5) is 0 Å². The molecular weight excluding hydrogens is 226 g/mol. The van der Waals surface area contributed by atoms with Crippen LogP contribution >= 0.6 is 0 Å². The minimum absolute atomic E-state index is 0.192. The van der Waals surface area contributed by atoms with E-state index in [0.717, 1.165) is 38.3 Å². The molecule has 1 aromatic rings. The third kappa shape index (κ3) is 3.47. The van der Waals surface area contributed by atoms with Crippen molar-refractivity contribution >= 4 is 0 Å². The van der Waals surface area contributed by atoms with Gasteiger partial charge in [0, 0.05) is 30.9 Å². The van der Waals surface area contributed by atoms with E-state index in [-0.39, 0.29) is 5.54 Å². The second-order valence-electron chi connectivity index (χ2n) is 5.07. The molecule has 18 heavy (non-hydrogen) atoms. The first-order chi connectivity index (χ1) is 8.73. The Labute approximate surface area is 109 Å². The molecule has 0 amide bonds. The standard InChI is InChI=1S/C15H23NO2/c1-3-18-14-7-5-4-6-13(14)12-16-15(2)8-10-17-11-9-15/h4-7,16H,3,8-12H2,1-2H3. The van der Waals surface area contributed by atoms with Crippen molar-refractivity contribution in [1.29, 1.82) is 0 Å². The summed E-state index contributed by atoms with van der Waals surface area (Å²) in [4.78, 5) is 0. The third-order valence-corrected chi connectivity index (χ3v) is 3.57. The Morgan fingerprint density at radius 2 is 2.00 bits per heavy atom. The molecule has 0 atom stereocenters. The van der Waals surface area contributed by atoms with Crippen LogP contribution in [0.15, 0.2) is 24.3 Å². The topological polar surface area (TPSA) is 30.5 Å². The molecule has 0 spiro atoms. The maximum absolute atomic E-state index is 5.65. The van der Waals surface area contributed by atoms with Crippen LogP contribution in [0.3, 0.4) is 0 Å². The van der Waals surface area contributed by atoms with E-state index in [9.17, 15) is 0 Å². The van der Waals surface area contributed by atoms with Crippen LogP contribution in [-0.2, 0) is 11.3 Å². The van der Waals surface area contributed by atoms with Gasteiger partial charge in [-0.1, -0.05) is 18.2 Å². The van der Waals surface area contributed by atoms with Gasteiger partial charge in [0.2, 0.25) is 0 Å². The zero-order chi connectivity index (χ0) is 12.8. The summed E-state index contributed by atoms with van der Waals surface area (Å²) in [5.74, 6) is 0.989. The number of nitrogens with one attached hydrogen (secondary N) is 1. The van der Waals surface area contributed by atoms with E-state index in [4.69, 9.17) is 9.47 Å². The molecule has 3 heteroatoms. The second-order valence-corrected chi connectivity index (χ2v) is 5.07. The van der Waals surface area contributed by atoms with E-state index < -0.39 is 0 Å². The summed E-state index contributed by atoms with van der Waals surface area (Å²) in [7, 11) is 0. The van der Waals surface area contributed by atoms with E-state index in [1.165, 1.54) is 5.56 Å². The molecule has 0 aromatic heterocycles. The normalized spacial score (nSPS) is 18.6. The lowest BCUT2D eigenvalue weighted by molar-refractivity contribution is 0.0445. The quantitative estimate of drug-likeness (QED) is 0.870. The summed E-state index contributed by atoms with van der Waals surface area (Å²) < 4.78 is 11.1. The van der Waals surface area contributed by atoms with Crippen LogP contribution < -0.4 is 10.1 Å². The van der Waals surface area contributed by atoms with Gasteiger partial charge in [-0.25, -0.2) is 0 Å². The SMILES string of the molecule is CCOc1ccccc1CNC1(C)CCOCC1. The molecule has 1 heterocycles. The summed E-state index contributed by atoms with van der Waals surface area (Å²) in [5.41, 5.74) is 1.42. The highest BCUT2D eigenvalue weighted by molar-refractivity contribution is 5.33. The molecule has 2 rings (SSSR count). The lowest BCUT2D eigenvalue weighted by Crippen LogP contribution is -2.46. The molecule has 1 saturated heterocycles. The van der Waals surface area contributed by atoms with Crippen LogP contribution in [0.1, 0.15) is 32.3 Å². The van der Waals surface area contributed by atoms with Gasteiger partial charge in [-0.05, 0) is 32.8 Å². The lowest BCUT2D eigenvalue weighted by Gasteiger charge is -2.34. The van der Waals surface area contributed by atoms with Gasteiger partial charge in [-0.2, -0.15) is 0 Å². The van der Waals surface area contributed by atoms with Crippen molar-refractivity contribution in [2.45, 2.75) is 38.8 Å². The number of rotatable bonds is 5. The molecule has 0 radical (unpaired) electrons. The highest BCUT2D eigenvalue weighted by Crippen LogP contribution is 2.23. The Hall–Kier alpha value is -1.06. The molecule has 0 bridgehead atoms. The van der Waals surface area contributed by atoms with Crippen LogP contribution in [0.25, 0.3) is 0 Å². The van der Waals surface area contributed by atoms with E-state index in [0.29, 0.717) is 6.61 Å². The highest BCUT2D eigenvalue weighted by atomic mass is 16.5. The fourth-order valence-electron chi connectivity index (χ4n) is 2.25. The molecular formula is C15H23NO2. The van der Waals surface area contributed by atoms with Gasteiger partial charge in [0.15, 0.2) is 0 Å². The van der Waals surface area contributed by atoms with E-state index in [2.05, 4.69) is 24.4 Å². The number of ether oxygens (including phenoxy) is 2. The van der Waals surface area contributed by atoms with Crippen molar-refractivity contribution in [3.8, 4) is 5.75 Å². The Morgan fingerprint density at radius 3 is 2.72 bits per heavy atom. The molecule has 100 valence electrons. The predicted octanol–water partition coefficient (Wildman–Crippen LogP) is 2.74. The Kier molecular flexibility index (Phi) is 4.61. The smallest absolute Gasteiger partial charge is 0.123 e. The Morgan fingerprint density at radius 1 is 1.28 bits per heavy atom. The van der Waals surface area contributed by atoms with Gasteiger partial charge in [-0.15, -0.1) is 0 Å². The van der Waals surface area contributed by atoms with Crippen molar-refractivity contribution in [1.82, 2.24) is 5.32 Å². The van der Waals surface area contributed by atoms with Gasteiger partial charge < -0.3 is 14.8 Å². The number of para-hydroxylation sites is 1. The summed E-state index contributed by atoms with van der Waals surface area (Å²) in [6, 6.07) is 8.24. The summed E-state index contributed by atoms with van der Waals surface area (Å²) in [6.45, 7) is 7.57. The van der Waals surface area contributed by atoms with Gasteiger partial charge in [0.25, 0.3) is 0 Å². The van der Waals surface area contributed by atoms with Crippen LogP contribution in [0.5, 0.6) is 5.75 Å². The van der Waals surface area contributed by atoms with Crippen molar-refractivity contribution in [2.75, 3.05) is 19.8 Å². The predicted molar refractivity (Wildman–Crippen MR) is 72.9 cm³/mol. The molecule has 1 aromatic carbocycles. The Bertz CT molecular complexity index is 373. The zero-order valence-electron chi connectivity index (χ0n) is 11.4. The van der Waals surface area contributed by atoms with Crippen molar-refractivity contribution in [3.63, 3.8) is 0 Å². The van der Waals surface area contributed by atoms with Crippen molar-refractivity contribution < 1.29 is 9.47 Å². The lowest BCUT2D eigenvalue weighted by atomic mass is 9.92. The molecule has 1 fully saturated rings. The maximum Gasteiger partial charge on any atom is 0.123 e. The molecule has 1 aliphatic heterocycles. The third-order valence-electron chi connectivity index (χ3n) is 3.57. The minimum Gasteiger partial charge on any atom is -0.494 e. The summed E-state index contributed by atoms with van der Waals surface area (Å²) in [6.07, 6.45) is 2.15.